The molecule has 1 saturated heterocycles. The number of ether oxygens (including phenoxy) is 1. The van der Waals surface area contributed by atoms with Crippen molar-refractivity contribution in [2.45, 2.75) is 31.7 Å². The Bertz CT molecular complexity index is 499. The summed E-state index contributed by atoms with van der Waals surface area (Å²) in [6.45, 7) is 1.70. The van der Waals surface area contributed by atoms with Crippen LogP contribution in [-0.2, 0) is 4.79 Å². The Balaban J connectivity index is 1.83. The first-order chi connectivity index (χ1) is 10.1. The number of hydrogen-bond acceptors (Lipinski definition) is 3. The second-order valence-corrected chi connectivity index (χ2v) is 6.44. The number of carbonyl (C=O) groups is 1. The van der Waals surface area contributed by atoms with Crippen LogP contribution in [0, 0.1) is 0 Å². The first kappa shape index (κ1) is 16.6. The van der Waals surface area contributed by atoms with Gasteiger partial charge in [-0.3, -0.25) is 4.79 Å². The molecule has 0 aliphatic carbocycles. The van der Waals surface area contributed by atoms with E-state index in [0.29, 0.717) is 30.3 Å². The molecule has 1 aliphatic heterocycles. The van der Waals surface area contributed by atoms with Gasteiger partial charge in [0.1, 0.15) is 5.75 Å². The number of likely N-dealkylation sites (tertiary alicyclic amines) is 1. The molecular formula is C15H20BrClN2O2. The van der Waals surface area contributed by atoms with Gasteiger partial charge >= 0.3 is 0 Å². The molecule has 1 aromatic rings. The highest BCUT2D eigenvalue weighted by atomic mass is 79.9. The van der Waals surface area contributed by atoms with Crippen molar-refractivity contribution in [3.05, 3.63) is 27.7 Å². The average Bonchev–Trinajstić information content (AvgIpc) is 2.49. The molecule has 2 N–H and O–H groups in total. The summed E-state index contributed by atoms with van der Waals surface area (Å²) in [5, 5.41) is 0.643. The van der Waals surface area contributed by atoms with Crippen LogP contribution in [0.3, 0.4) is 0 Å². The Hall–Kier alpha value is -0.780. The van der Waals surface area contributed by atoms with E-state index in [1.807, 2.05) is 4.90 Å². The highest BCUT2D eigenvalue weighted by Crippen LogP contribution is 2.28. The molecule has 6 heteroatoms. The summed E-state index contributed by atoms with van der Waals surface area (Å²) in [5.74, 6) is 0.816. The lowest BCUT2D eigenvalue weighted by Gasteiger charge is -2.35. The van der Waals surface area contributed by atoms with Crippen LogP contribution in [0.5, 0.6) is 5.75 Å². The van der Waals surface area contributed by atoms with Crippen molar-refractivity contribution in [3.63, 3.8) is 0 Å². The van der Waals surface area contributed by atoms with Gasteiger partial charge in [-0.05, 0) is 53.4 Å². The zero-order valence-electron chi connectivity index (χ0n) is 11.9. The molecule has 1 fully saturated rings. The highest BCUT2D eigenvalue weighted by Gasteiger charge is 2.25. The number of carbonyl (C=O) groups excluding carboxylic acids is 1. The summed E-state index contributed by atoms with van der Waals surface area (Å²) in [4.78, 5) is 14.2. The second kappa shape index (κ2) is 8.01. The van der Waals surface area contributed by atoms with E-state index < -0.39 is 0 Å². The molecule has 1 amide bonds. The zero-order valence-corrected chi connectivity index (χ0v) is 14.2. The lowest BCUT2D eigenvalue weighted by Crippen LogP contribution is -2.47. The van der Waals surface area contributed by atoms with Gasteiger partial charge in [-0.15, -0.1) is 0 Å². The van der Waals surface area contributed by atoms with E-state index in [4.69, 9.17) is 22.1 Å². The molecule has 4 nitrogen and oxygen atoms in total. The number of nitrogens with zero attached hydrogens (tertiary/aromatic N) is 1. The Morgan fingerprint density at radius 1 is 1.48 bits per heavy atom. The minimum Gasteiger partial charge on any atom is -0.492 e. The topological polar surface area (TPSA) is 55.6 Å². The number of piperidine rings is 1. The molecule has 21 heavy (non-hydrogen) atoms. The molecule has 0 aromatic heterocycles. The Labute approximate surface area is 138 Å². The minimum absolute atomic E-state index is 0.121. The molecule has 2 rings (SSSR count). The van der Waals surface area contributed by atoms with Crippen molar-refractivity contribution < 1.29 is 9.53 Å². The molecule has 0 bridgehead atoms. The molecule has 116 valence electrons. The number of benzene rings is 1. The van der Waals surface area contributed by atoms with Gasteiger partial charge < -0.3 is 15.4 Å². The van der Waals surface area contributed by atoms with Gasteiger partial charge in [-0.1, -0.05) is 11.6 Å². The van der Waals surface area contributed by atoms with E-state index in [1.165, 1.54) is 0 Å². The van der Waals surface area contributed by atoms with Gasteiger partial charge in [0.05, 0.1) is 17.5 Å². The fourth-order valence-electron chi connectivity index (χ4n) is 2.56. The van der Waals surface area contributed by atoms with Gasteiger partial charge in [0.25, 0.3) is 0 Å². The Morgan fingerprint density at radius 2 is 2.29 bits per heavy atom. The maximum absolute atomic E-state index is 12.3. The third-order valence-electron chi connectivity index (χ3n) is 3.69. The van der Waals surface area contributed by atoms with Crippen LogP contribution in [0.2, 0.25) is 5.02 Å². The lowest BCUT2D eigenvalue weighted by atomic mass is 10.0. The van der Waals surface area contributed by atoms with E-state index in [2.05, 4.69) is 15.9 Å². The SMILES string of the molecule is NCC1CCCCN1C(=O)CCOc1ccc(Cl)cc1Br. The van der Waals surface area contributed by atoms with Gasteiger partial charge in [0.15, 0.2) is 0 Å². The quantitative estimate of drug-likeness (QED) is 0.860. The van der Waals surface area contributed by atoms with Crippen LogP contribution in [-0.4, -0.2) is 36.5 Å². The van der Waals surface area contributed by atoms with Crippen molar-refractivity contribution in [3.8, 4) is 5.75 Å². The number of amides is 1. The summed E-state index contributed by atoms with van der Waals surface area (Å²) in [7, 11) is 0. The number of nitrogens with two attached hydrogens (primary N) is 1. The Morgan fingerprint density at radius 3 is 3.00 bits per heavy atom. The van der Waals surface area contributed by atoms with Gasteiger partial charge in [0, 0.05) is 24.2 Å². The van der Waals surface area contributed by atoms with Gasteiger partial charge in [0.2, 0.25) is 5.91 Å². The molecule has 1 aliphatic rings. The van der Waals surface area contributed by atoms with Crippen molar-refractivity contribution in [1.82, 2.24) is 4.90 Å². The van der Waals surface area contributed by atoms with E-state index in [1.54, 1.807) is 18.2 Å². The van der Waals surface area contributed by atoms with Crippen LogP contribution in [0.25, 0.3) is 0 Å². The maximum Gasteiger partial charge on any atom is 0.226 e. The fraction of sp³-hybridized carbons (Fsp3) is 0.533. The molecule has 0 saturated carbocycles. The Kier molecular flexibility index (Phi) is 6.33. The van der Waals surface area contributed by atoms with Crippen molar-refractivity contribution in [1.29, 1.82) is 0 Å². The number of hydrogen-bond donors (Lipinski definition) is 1. The van der Waals surface area contributed by atoms with Crippen LogP contribution < -0.4 is 10.5 Å². The van der Waals surface area contributed by atoms with Crippen molar-refractivity contribution >= 4 is 33.4 Å². The molecule has 0 spiro atoms. The van der Waals surface area contributed by atoms with Crippen molar-refractivity contribution in [2.24, 2.45) is 5.73 Å². The van der Waals surface area contributed by atoms with Crippen molar-refractivity contribution in [2.75, 3.05) is 19.7 Å². The highest BCUT2D eigenvalue weighted by molar-refractivity contribution is 9.10. The number of halogens is 2. The van der Waals surface area contributed by atoms with E-state index >= 15 is 0 Å². The van der Waals surface area contributed by atoms with Crippen LogP contribution in [0.4, 0.5) is 0 Å². The second-order valence-electron chi connectivity index (χ2n) is 5.15. The van der Waals surface area contributed by atoms with Gasteiger partial charge in [-0.25, -0.2) is 0 Å². The molecule has 1 atom stereocenters. The molecular weight excluding hydrogens is 356 g/mol. The van der Waals surface area contributed by atoms with E-state index in [0.717, 1.165) is 30.3 Å². The smallest absolute Gasteiger partial charge is 0.226 e. The summed E-state index contributed by atoms with van der Waals surface area (Å²) >= 11 is 9.27. The predicted molar refractivity (Wildman–Crippen MR) is 87.7 cm³/mol. The minimum atomic E-state index is 0.121. The first-order valence-electron chi connectivity index (χ1n) is 7.19. The predicted octanol–water partition coefficient (Wildman–Crippen LogP) is 3.21. The molecule has 1 unspecified atom stereocenters. The van der Waals surface area contributed by atoms with Gasteiger partial charge in [-0.2, -0.15) is 0 Å². The van der Waals surface area contributed by atoms with Crippen LogP contribution in [0.1, 0.15) is 25.7 Å². The van der Waals surface area contributed by atoms with E-state index in [9.17, 15) is 4.79 Å². The summed E-state index contributed by atoms with van der Waals surface area (Å²) in [6.07, 6.45) is 3.59. The summed E-state index contributed by atoms with van der Waals surface area (Å²) < 4.78 is 6.43. The third kappa shape index (κ3) is 4.59. The standard InChI is InChI=1S/C15H20BrClN2O2/c16-13-9-11(17)4-5-14(13)21-8-6-15(20)19-7-2-1-3-12(19)10-18/h4-5,9,12H,1-3,6-8,10,18H2. The molecule has 0 radical (unpaired) electrons. The third-order valence-corrected chi connectivity index (χ3v) is 4.54. The largest absolute Gasteiger partial charge is 0.492 e. The van der Waals surface area contributed by atoms with Crippen LogP contribution >= 0.6 is 27.5 Å². The summed E-state index contributed by atoms with van der Waals surface area (Å²) in [6, 6.07) is 5.51. The van der Waals surface area contributed by atoms with E-state index in [-0.39, 0.29) is 11.9 Å². The normalized spacial score (nSPS) is 18.6. The zero-order chi connectivity index (χ0) is 15.2. The first-order valence-corrected chi connectivity index (χ1v) is 8.36. The molecule has 1 aromatic carbocycles. The monoisotopic (exact) mass is 374 g/mol. The summed E-state index contributed by atoms with van der Waals surface area (Å²) in [5.41, 5.74) is 5.74. The number of rotatable bonds is 5. The lowest BCUT2D eigenvalue weighted by molar-refractivity contribution is -0.135. The fourth-order valence-corrected chi connectivity index (χ4v) is 3.36. The van der Waals surface area contributed by atoms with Crippen LogP contribution in [0.15, 0.2) is 22.7 Å². The maximum atomic E-state index is 12.3. The average molecular weight is 376 g/mol. The molecule has 1 heterocycles.